The van der Waals surface area contributed by atoms with Gasteiger partial charge in [0.15, 0.2) is 17.5 Å². The number of halogens is 3. The van der Waals surface area contributed by atoms with Gasteiger partial charge in [0.25, 0.3) is 5.91 Å². The van der Waals surface area contributed by atoms with Crippen molar-refractivity contribution in [1.82, 2.24) is 5.32 Å². The Morgan fingerprint density at radius 2 is 1.89 bits per heavy atom. The molecule has 1 atom stereocenters. The first-order valence-corrected chi connectivity index (χ1v) is 5.93. The van der Waals surface area contributed by atoms with Crippen molar-refractivity contribution >= 4 is 5.91 Å². The van der Waals surface area contributed by atoms with Gasteiger partial charge in [-0.2, -0.15) is 0 Å². The molecule has 0 aromatic heterocycles. The lowest BCUT2D eigenvalue weighted by molar-refractivity contribution is 0.0890. The van der Waals surface area contributed by atoms with Crippen molar-refractivity contribution < 1.29 is 22.7 Å². The summed E-state index contributed by atoms with van der Waals surface area (Å²) in [5, 5.41) is 2.59. The second-order valence-electron chi connectivity index (χ2n) is 4.17. The fourth-order valence-corrected chi connectivity index (χ4v) is 1.70. The van der Waals surface area contributed by atoms with Crippen molar-refractivity contribution in [3.05, 3.63) is 35.1 Å². The van der Waals surface area contributed by atoms with E-state index >= 15 is 0 Å². The van der Waals surface area contributed by atoms with Gasteiger partial charge in [0.1, 0.15) is 0 Å². The number of hydrogen-bond donors (Lipinski definition) is 1. The third-order valence-corrected chi connectivity index (χ3v) is 2.59. The summed E-state index contributed by atoms with van der Waals surface area (Å²) in [7, 11) is 1.49. The van der Waals surface area contributed by atoms with Gasteiger partial charge >= 0.3 is 0 Å². The van der Waals surface area contributed by atoms with E-state index in [9.17, 15) is 18.0 Å². The normalized spacial score (nSPS) is 12.3. The molecule has 19 heavy (non-hydrogen) atoms. The van der Waals surface area contributed by atoms with E-state index in [0.717, 1.165) is 6.42 Å². The molecule has 0 saturated heterocycles. The summed E-state index contributed by atoms with van der Waals surface area (Å²) in [6.07, 6.45) is 1.49. The molecule has 1 rings (SSSR count). The minimum absolute atomic E-state index is 0.251. The molecular weight excluding hydrogens is 259 g/mol. The van der Waals surface area contributed by atoms with Gasteiger partial charge in [0.05, 0.1) is 12.6 Å². The van der Waals surface area contributed by atoms with E-state index in [1.807, 2.05) is 6.92 Å². The fourth-order valence-electron chi connectivity index (χ4n) is 1.70. The van der Waals surface area contributed by atoms with E-state index in [1.165, 1.54) is 7.11 Å². The highest BCUT2D eigenvalue weighted by Gasteiger charge is 2.17. The number of nitrogens with one attached hydrogen (secondary N) is 1. The Bertz CT molecular complexity index is 423. The molecule has 106 valence electrons. The van der Waals surface area contributed by atoms with Crippen LogP contribution in [-0.2, 0) is 4.74 Å². The van der Waals surface area contributed by atoms with E-state index in [0.29, 0.717) is 25.2 Å². The highest BCUT2D eigenvalue weighted by Crippen LogP contribution is 2.14. The Morgan fingerprint density at radius 3 is 2.37 bits per heavy atom. The zero-order valence-corrected chi connectivity index (χ0v) is 10.8. The molecule has 1 amide bonds. The largest absolute Gasteiger partial charge is 0.383 e. The molecule has 3 nitrogen and oxygen atoms in total. The van der Waals surface area contributed by atoms with Crippen LogP contribution < -0.4 is 5.32 Å². The lowest BCUT2D eigenvalue weighted by Gasteiger charge is -2.17. The maximum absolute atomic E-state index is 13.0. The number of ether oxygens (including phenoxy) is 1. The molecule has 1 aromatic carbocycles. The third kappa shape index (κ3) is 4.24. The van der Waals surface area contributed by atoms with Crippen LogP contribution in [0, 0.1) is 17.5 Å². The summed E-state index contributed by atoms with van der Waals surface area (Å²) in [6.45, 7) is 2.23. The number of methoxy groups -OCH3 is 1. The van der Waals surface area contributed by atoms with Crippen LogP contribution in [-0.4, -0.2) is 25.7 Å². The third-order valence-electron chi connectivity index (χ3n) is 2.59. The molecular formula is C13H16F3NO2. The average Bonchev–Trinajstić information content (AvgIpc) is 2.35. The fraction of sp³-hybridized carbons (Fsp3) is 0.462. The molecule has 0 fully saturated rings. The standard InChI is InChI=1S/C13H16F3NO2/c1-3-4-9(7-19-2)17-13(18)8-5-10(14)12(16)11(15)6-8/h5-6,9H,3-4,7H2,1-2H3,(H,17,18). The van der Waals surface area contributed by atoms with Crippen LogP contribution in [0.4, 0.5) is 13.2 Å². The lowest BCUT2D eigenvalue weighted by Crippen LogP contribution is -2.38. The van der Waals surface area contributed by atoms with Gasteiger partial charge in [-0.1, -0.05) is 13.3 Å². The molecule has 1 unspecified atom stereocenters. The summed E-state index contributed by atoms with van der Waals surface area (Å²) in [4.78, 5) is 11.8. The number of benzene rings is 1. The number of rotatable bonds is 6. The van der Waals surface area contributed by atoms with Gasteiger partial charge < -0.3 is 10.1 Å². The van der Waals surface area contributed by atoms with Gasteiger partial charge in [-0.05, 0) is 18.6 Å². The zero-order valence-electron chi connectivity index (χ0n) is 10.8. The number of carbonyl (C=O) groups excluding carboxylic acids is 1. The van der Waals surface area contributed by atoms with Crippen molar-refractivity contribution in [3.8, 4) is 0 Å². The highest BCUT2D eigenvalue weighted by atomic mass is 19.2. The lowest BCUT2D eigenvalue weighted by atomic mass is 10.1. The first-order valence-electron chi connectivity index (χ1n) is 5.93. The second kappa shape index (κ2) is 7.13. The molecule has 0 aliphatic heterocycles. The van der Waals surface area contributed by atoms with Crippen molar-refractivity contribution in [3.63, 3.8) is 0 Å². The Labute approximate surface area is 109 Å². The second-order valence-corrected chi connectivity index (χ2v) is 4.17. The zero-order chi connectivity index (χ0) is 14.4. The van der Waals surface area contributed by atoms with Gasteiger partial charge in [-0.3, -0.25) is 4.79 Å². The molecule has 0 aliphatic carbocycles. The van der Waals surface area contributed by atoms with E-state index in [1.54, 1.807) is 0 Å². The molecule has 1 aromatic rings. The van der Waals surface area contributed by atoms with Crippen LogP contribution in [0.25, 0.3) is 0 Å². The van der Waals surface area contributed by atoms with E-state index in [-0.39, 0.29) is 11.6 Å². The first kappa shape index (κ1) is 15.5. The monoisotopic (exact) mass is 275 g/mol. The Balaban J connectivity index is 2.82. The van der Waals surface area contributed by atoms with Gasteiger partial charge in [-0.15, -0.1) is 0 Å². The summed E-state index contributed by atoms with van der Waals surface area (Å²) < 4.78 is 43.7. The molecule has 0 spiro atoms. The predicted octanol–water partition coefficient (Wildman–Crippen LogP) is 2.65. The minimum atomic E-state index is -1.58. The van der Waals surface area contributed by atoms with Crippen molar-refractivity contribution in [1.29, 1.82) is 0 Å². The van der Waals surface area contributed by atoms with Crippen LogP contribution in [0.1, 0.15) is 30.1 Å². The van der Waals surface area contributed by atoms with Gasteiger partial charge in [-0.25, -0.2) is 13.2 Å². The highest BCUT2D eigenvalue weighted by molar-refractivity contribution is 5.94. The van der Waals surface area contributed by atoms with Crippen LogP contribution >= 0.6 is 0 Å². The summed E-state index contributed by atoms with van der Waals surface area (Å²) in [5.74, 6) is -5.01. The quantitative estimate of drug-likeness (QED) is 0.811. The Kier molecular flexibility index (Phi) is 5.82. The van der Waals surface area contributed by atoms with E-state index in [4.69, 9.17) is 4.74 Å². The number of amides is 1. The maximum Gasteiger partial charge on any atom is 0.251 e. The maximum atomic E-state index is 13.0. The number of carbonyl (C=O) groups is 1. The van der Waals surface area contributed by atoms with Crippen LogP contribution in [0.15, 0.2) is 12.1 Å². The molecule has 0 aliphatic rings. The Hall–Kier alpha value is -1.56. The average molecular weight is 275 g/mol. The molecule has 0 radical (unpaired) electrons. The van der Waals surface area contributed by atoms with E-state index in [2.05, 4.69) is 5.32 Å². The SMILES string of the molecule is CCCC(COC)NC(=O)c1cc(F)c(F)c(F)c1. The van der Waals surface area contributed by atoms with Gasteiger partial charge in [0.2, 0.25) is 0 Å². The molecule has 6 heteroatoms. The van der Waals surface area contributed by atoms with Crippen LogP contribution in [0.2, 0.25) is 0 Å². The smallest absolute Gasteiger partial charge is 0.251 e. The predicted molar refractivity (Wildman–Crippen MR) is 64.4 cm³/mol. The molecule has 0 bridgehead atoms. The van der Waals surface area contributed by atoms with Crippen molar-refractivity contribution in [2.75, 3.05) is 13.7 Å². The van der Waals surface area contributed by atoms with E-state index < -0.39 is 23.4 Å². The molecule has 0 heterocycles. The van der Waals surface area contributed by atoms with Crippen molar-refractivity contribution in [2.24, 2.45) is 0 Å². The first-order chi connectivity index (χ1) is 8.99. The molecule has 0 saturated carbocycles. The summed E-state index contributed by atoms with van der Waals surface area (Å²) in [5.41, 5.74) is -0.256. The minimum Gasteiger partial charge on any atom is -0.383 e. The number of hydrogen-bond acceptors (Lipinski definition) is 2. The summed E-state index contributed by atoms with van der Waals surface area (Å²) in [6, 6.07) is 1.09. The van der Waals surface area contributed by atoms with Crippen LogP contribution in [0.5, 0.6) is 0 Å². The van der Waals surface area contributed by atoms with Crippen molar-refractivity contribution in [2.45, 2.75) is 25.8 Å². The summed E-state index contributed by atoms with van der Waals surface area (Å²) >= 11 is 0. The topological polar surface area (TPSA) is 38.3 Å². The molecule has 1 N–H and O–H groups in total. The van der Waals surface area contributed by atoms with Gasteiger partial charge in [0, 0.05) is 12.7 Å². The Morgan fingerprint density at radius 1 is 1.32 bits per heavy atom. The van der Waals surface area contributed by atoms with Crippen LogP contribution in [0.3, 0.4) is 0 Å².